The van der Waals surface area contributed by atoms with E-state index in [1.165, 1.54) is 24.3 Å². The number of benzene rings is 1. The third-order valence-corrected chi connectivity index (χ3v) is 7.24. The highest BCUT2D eigenvalue weighted by atomic mass is 19.1. The van der Waals surface area contributed by atoms with E-state index in [0.717, 1.165) is 49.2 Å². The molecule has 172 valence electrons. The number of carbonyl (C=O) groups is 2. The van der Waals surface area contributed by atoms with Gasteiger partial charge in [-0.3, -0.25) is 14.7 Å². The largest absolute Gasteiger partial charge is 0.446 e. The second-order valence-electron chi connectivity index (χ2n) is 9.55. The second-order valence-corrected chi connectivity index (χ2v) is 9.55. The van der Waals surface area contributed by atoms with Crippen molar-refractivity contribution in [2.75, 3.05) is 24.7 Å². The number of hydrogen-bond acceptors (Lipinski definition) is 5. The van der Waals surface area contributed by atoms with Gasteiger partial charge in [0, 0.05) is 30.9 Å². The summed E-state index contributed by atoms with van der Waals surface area (Å²) >= 11 is 0. The van der Waals surface area contributed by atoms with Crippen LogP contribution in [0.5, 0.6) is 0 Å². The van der Waals surface area contributed by atoms with Crippen molar-refractivity contribution in [3.05, 3.63) is 59.2 Å². The van der Waals surface area contributed by atoms with Crippen LogP contribution >= 0.6 is 0 Å². The lowest BCUT2D eigenvalue weighted by Crippen LogP contribution is -2.40. The molecule has 0 radical (unpaired) electrons. The first kappa shape index (κ1) is 20.6. The summed E-state index contributed by atoms with van der Waals surface area (Å²) in [4.78, 5) is 32.4. The van der Waals surface area contributed by atoms with Crippen LogP contribution in [0.4, 0.5) is 14.9 Å². The zero-order valence-corrected chi connectivity index (χ0v) is 18.3. The molecule has 1 aromatic heterocycles. The standard InChI is InChI=1S/C25H26FN3O4/c26-17-3-1-15(2-4-17)23(30)28-25(9-10-25)21-6-5-20-22(27-21)19-13-16(19)14-29(20)24(31)33-18-7-11-32-12-8-18/h1-6,16,18-19H,7-14H2,(H,28,30). The highest BCUT2D eigenvalue weighted by Gasteiger charge is 2.51. The molecule has 0 spiro atoms. The van der Waals surface area contributed by atoms with Crippen LogP contribution in [0.25, 0.3) is 0 Å². The average Bonchev–Trinajstić information content (AvgIpc) is 3.75. The maximum atomic E-state index is 13.2. The van der Waals surface area contributed by atoms with Crippen molar-refractivity contribution in [1.82, 2.24) is 10.3 Å². The fourth-order valence-electron chi connectivity index (χ4n) is 4.99. The van der Waals surface area contributed by atoms with Gasteiger partial charge in [-0.25, -0.2) is 9.18 Å². The summed E-state index contributed by atoms with van der Waals surface area (Å²) in [5.41, 5.74) is 2.48. The lowest BCUT2D eigenvalue weighted by atomic mass is 10.0. The first-order chi connectivity index (χ1) is 16.0. The minimum Gasteiger partial charge on any atom is -0.446 e. The number of nitrogens with zero attached hydrogens (tertiary/aromatic N) is 2. The summed E-state index contributed by atoms with van der Waals surface area (Å²) in [5, 5.41) is 3.10. The van der Waals surface area contributed by atoms with Gasteiger partial charge in [0.2, 0.25) is 0 Å². The van der Waals surface area contributed by atoms with Crippen molar-refractivity contribution in [1.29, 1.82) is 0 Å². The lowest BCUT2D eigenvalue weighted by Gasteiger charge is -2.31. The van der Waals surface area contributed by atoms with Gasteiger partial charge in [0.15, 0.2) is 0 Å². The van der Waals surface area contributed by atoms with Gasteiger partial charge < -0.3 is 14.8 Å². The number of rotatable bonds is 4. The van der Waals surface area contributed by atoms with Gasteiger partial charge in [-0.1, -0.05) is 0 Å². The molecule has 3 fully saturated rings. The zero-order valence-electron chi connectivity index (χ0n) is 18.3. The van der Waals surface area contributed by atoms with Gasteiger partial charge in [0.05, 0.1) is 35.8 Å². The Balaban J connectivity index is 1.22. The Morgan fingerprint density at radius 3 is 2.61 bits per heavy atom. The van der Waals surface area contributed by atoms with Gasteiger partial charge in [0.1, 0.15) is 11.9 Å². The van der Waals surface area contributed by atoms with E-state index < -0.39 is 5.54 Å². The van der Waals surface area contributed by atoms with Crippen LogP contribution in [0.15, 0.2) is 36.4 Å². The molecular formula is C25H26FN3O4. The van der Waals surface area contributed by atoms with Crippen molar-refractivity contribution in [3.63, 3.8) is 0 Å². The first-order valence-corrected chi connectivity index (χ1v) is 11.7. The summed E-state index contributed by atoms with van der Waals surface area (Å²) in [6.45, 7) is 1.90. The van der Waals surface area contributed by atoms with Crippen LogP contribution in [0.1, 0.15) is 59.8 Å². The molecule has 33 heavy (non-hydrogen) atoms. The Morgan fingerprint density at radius 1 is 1.12 bits per heavy atom. The molecule has 2 aliphatic carbocycles. The number of ether oxygens (including phenoxy) is 2. The Morgan fingerprint density at radius 2 is 1.88 bits per heavy atom. The predicted octanol–water partition coefficient (Wildman–Crippen LogP) is 3.88. The number of aromatic nitrogens is 1. The predicted molar refractivity (Wildman–Crippen MR) is 118 cm³/mol. The Hall–Kier alpha value is -3.00. The zero-order chi connectivity index (χ0) is 22.6. The molecule has 1 saturated heterocycles. The number of hydrogen-bond donors (Lipinski definition) is 1. The Bertz CT molecular complexity index is 1100. The molecule has 2 amide bonds. The van der Waals surface area contributed by atoms with Gasteiger partial charge in [-0.05, 0) is 61.6 Å². The molecule has 1 N–H and O–H groups in total. The summed E-state index contributed by atoms with van der Waals surface area (Å²) in [6.07, 6.45) is 3.66. The molecule has 1 aromatic carbocycles. The van der Waals surface area contributed by atoms with E-state index in [1.54, 1.807) is 4.90 Å². The molecule has 8 heteroatoms. The van der Waals surface area contributed by atoms with E-state index in [9.17, 15) is 14.0 Å². The highest BCUT2D eigenvalue weighted by molar-refractivity contribution is 5.95. The molecule has 2 saturated carbocycles. The molecule has 6 rings (SSSR count). The highest BCUT2D eigenvalue weighted by Crippen LogP contribution is 2.55. The van der Waals surface area contributed by atoms with E-state index in [4.69, 9.17) is 14.5 Å². The van der Waals surface area contributed by atoms with E-state index in [0.29, 0.717) is 37.2 Å². The molecule has 7 nitrogen and oxygen atoms in total. The molecule has 2 unspecified atom stereocenters. The maximum absolute atomic E-state index is 13.2. The molecule has 0 bridgehead atoms. The fraction of sp³-hybridized carbons (Fsp3) is 0.480. The number of pyridine rings is 1. The van der Waals surface area contributed by atoms with Crippen LogP contribution in [0, 0.1) is 11.7 Å². The minimum absolute atomic E-state index is 0.102. The smallest absolute Gasteiger partial charge is 0.414 e. The van der Waals surface area contributed by atoms with E-state index in [2.05, 4.69) is 5.32 Å². The van der Waals surface area contributed by atoms with Crippen LogP contribution in [-0.4, -0.2) is 42.8 Å². The third-order valence-electron chi connectivity index (χ3n) is 7.24. The second kappa shape index (κ2) is 7.80. The molecule has 3 heterocycles. The monoisotopic (exact) mass is 451 g/mol. The third kappa shape index (κ3) is 3.86. The van der Waals surface area contributed by atoms with Crippen LogP contribution < -0.4 is 10.2 Å². The summed E-state index contributed by atoms with van der Waals surface area (Å²) in [7, 11) is 0. The number of amides is 2. The van der Waals surface area contributed by atoms with E-state index in [-0.39, 0.29) is 23.9 Å². The fourth-order valence-corrected chi connectivity index (χ4v) is 4.99. The van der Waals surface area contributed by atoms with Gasteiger partial charge in [0.25, 0.3) is 5.91 Å². The number of nitrogens with one attached hydrogen (secondary N) is 1. The molecule has 2 aliphatic heterocycles. The topological polar surface area (TPSA) is 80.8 Å². The lowest BCUT2D eigenvalue weighted by molar-refractivity contribution is 0.00366. The van der Waals surface area contributed by atoms with E-state index >= 15 is 0 Å². The molecule has 2 aromatic rings. The summed E-state index contributed by atoms with van der Waals surface area (Å²) in [6, 6.07) is 9.39. The van der Waals surface area contributed by atoms with Crippen molar-refractivity contribution in [2.24, 2.45) is 5.92 Å². The van der Waals surface area contributed by atoms with Gasteiger partial charge in [-0.15, -0.1) is 0 Å². The minimum atomic E-state index is -0.504. The van der Waals surface area contributed by atoms with Crippen molar-refractivity contribution < 1.29 is 23.5 Å². The van der Waals surface area contributed by atoms with Crippen molar-refractivity contribution >= 4 is 17.7 Å². The maximum Gasteiger partial charge on any atom is 0.414 e. The quantitative estimate of drug-likeness (QED) is 0.763. The number of anilines is 1. The van der Waals surface area contributed by atoms with Crippen molar-refractivity contribution in [2.45, 2.75) is 49.7 Å². The van der Waals surface area contributed by atoms with Gasteiger partial charge in [-0.2, -0.15) is 0 Å². The molecular weight excluding hydrogens is 425 g/mol. The van der Waals surface area contributed by atoms with Crippen LogP contribution in [-0.2, 0) is 15.0 Å². The molecule has 2 atom stereocenters. The summed E-state index contributed by atoms with van der Waals surface area (Å²) < 4.78 is 24.3. The Kier molecular flexibility index (Phi) is 4.87. The number of fused-ring (bicyclic) bond motifs is 3. The number of carbonyl (C=O) groups excluding carboxylic acids is 2. The average molecular weight is 451 g/mol. The first-order valence-electron chi connectivity index (χ1n) is 11.7. The SMILES string of the molecule is O=C(NC1(c2ccc3c(n2)C2CC2CN3C(=O)OC2CCOCC2)CC1)c1ccc(F)cc1. The summed E-state index contributed by atoms with van der Waals surface area (Å²) in [5.74, 6) is 0.156. The van der Waals surface area contributed by atoms with E-state index in [1.807, 2.05) is 12.1 Å². The van der Waals surface area contributed by atoms with Crippen LogP contribution in [0.2, 0.25) is 0 Å². The van der Waals surface area contributed by atoms with Gasteiger partial charge >= 0.3 is 6.09 Å². The Labute approximate surface area is 191 Å². The van der Waals surface area contributed by atoms with Crippen molar-refractivity contribution in [3.8, 4) is 0 Å². The number of halogens is 1. The molecule has 4 aliphatic rings. The normalized spacial score (nSPS) is 24.9. The van der Waals surface area contributed by atoms with Crippen LogP contribution in [0.3, 0.4) is 0 Å².